The van der Waals surface area contributed by atoms with Crippen LogP contribution in [0.2, 0.25) is 0 Å². The second-order valence-corrected chi connectivity index (χ2v) is 6.03. The Morgan fingerprint density at radius 2 is 2.06 bits per heavy atom. The average molecular weight is 277 g/mol. The SMILES string of the molecule is CCc1nc(CSc2ccccc2)sc1C(C)=O. The zero-order chi connectivity index (χ0) is 13.0. The minimum absolute atomic E-state index is 0.125. The van der Waals surface area contributed by atoms with Crippen LogP contribution in [0, 0.1) is 0 Å². The molecule has 0 spiro atoms. The predicted octanol–water partition coefficient (Wildman–Crippen LogP) is 4.20. The molecule has 2 rings (SSSR count). The van der Waals surface area contributed by atoms with Crippen LogP contribution in [-0.4, -0.2) is 10.8 Å². The van der Waals surface area contributed by atoms with Crippen molar-refractivity contribution in [2.45, 2.75) is 30.9 Å². The van der Waals surface area contributed by atoms with Crippen molar-refractivity contribution in [3.05, 3.63) is 45.9 Å². The van der Waals surface area contributed by atoms with E-state index in [-0.39, 0.29) is 5.78 Å². The van der Waals surface area contributed by atoms with Crippen LogP contribution in [0.5, 0.6) is 0 Å². The van der Waals surface area contributed by atoms with Gasteiger partial charge in [0, 0.05) is 11.8 Å². The molecule has 0 aliphatic rings. The van der Waals surface area contributed by atoms with Crippen molar-refractivity contribution in [2.24, 2.45) is 0 Å². The van der Waals surface area contributed by atoms with Crippen LogP contribution >= 0.6 is 23.1 Å². The zero-order valence-electron chi connectivity index (χ0n) is 10.5. The van der Waals surface area contributed by atoms with Crippen LogP contribution in [0.15, 0.2) is 35.2 Å². The first-order valence-corrected chi connectivity index (χ1v) is 7.68. The third-order valence-corrected chi connectivity index (χ3v) is 4.91. The summed E-state index contributed by atoms with van der Waals surface area (Å²) in [6, 6.07) is 10.2. The molecule has 0 bridgehead atoms. The highest BCUT2D eigenvalue weighted by molar-refractivity contribution is 7.98. The molecule has 0 aliphatic carbocycles. The molecule has 18 heavy (non-hydrogen) atoms. The van der Waals surface area contributed by atoms with Gasteiger partial charge in [0.25, 0.3) is 0 Å². The fourth-order valence-electron chi connectivity index (χ4n) is 1.64. The van der Waals surface area contributed by atoms with Crippen LogP contribution in [0.4, 0.5) is 0 Å². The summed E-state index contributed by atoms with van der Waals surface area (Å²) in [5.41, 5.74) is 0.941. The van der Waals surface area contributed by atoms with E-state index < -0.39 is 0 Å². The Balaban J connectivity index is 2.08. The van der Waals surface area contributed by atoms with Crippen LogP contribution in [0.25, 0.3) is 0 Å². The van der Waals surface area contributed by atoms with Gasteiger partial charge in [-0.05, 0) is 18.6 Å². The number of Topliss-reactive ketones (excluding diaryl/α,β-unsaturated/α-hetero) is 1. The maximum atomic E-state index is 11.5. The van der Waals surface area contributed by atoms with Gasteiger partial charge in [-0.25, -0.2) is 4.98 Å². The summed E-state index contributed by atoms with van der Waals surface area (Å²) in [5, 5.41) is 1.03. The molecule has 0 atom stereocenters. The molecule has 1 aromatic heterocycles. The summed E-state index contributed by atoms with van der Waals surface area (Å²) < 4.78 is 0. The molecule has 2 aromatic rings. The van der Waals surface area contributed by atoms with Gasteiger partial charge in [0.15, 0.2) is 5.78 Å². The molecule has 0 saturated carbocycles. The molecule has 4 heteroatoms. The van der Waals surface area contributed by atoms with Crippen molar-refractivity contribution < 1.29 is 4.79 Å². The van der Waals surface area contributed by atoms with E-state index in [1.54, 1.807) is 18.7 Å². The molecule has 0 amide bonds. The normalized spacial score (nSPS) is 10.6. The van der Waals surface area contributed by atoms with Crippen molar-refractivity contribution in [1.29, 1.82) is 0 Å². The molecule has 0 aliphatic heterocycles. The Labute approximate surface area is 115 Å². The van der Waals surface area contributed by atoms with Crippen LogP contribution in [-0.2, 0) is 12.2 Å². The number of aryl methyl sites for hydroxylation is 1. The van der Waals surface area contributed by atoms with E-state index in [4.69, 9.17) is 0 Å². The summed E-state index contributed by atoms with van der Waals surface area (Å²) in [4.78, 5) is 18.1. The Morgan fingerprint density at radius 3 is 2.61 bits per heavy atom. The van der Waals surface area contributed by atoms with Gasteiger partial charge in [-0.3, -0.25) is 4.79 Å². The Morgan fingerprint density at radius 1 is 1.33 bits per heavy atom. The van der Waals surface area contributed by atoms with E-state index in [0.29, 0.717) is 0 Å². The maximum absolute atomic E-state index is 11.5. The Hall–Kier alpha value is -1.13. The number of thioether (sulfide) groups is 1. The molecule has 0 unspecified atom stereocenters. The van der Waals surface area contributed by atoms with Crippen molar-refractivity contribution in [1.82, 2.24) is 4.98 Å². The standard InChI is InChI=1S/C14H15NOS2/c1-3-12-14(10(2)16)18-13(15-12)9-17-11-7-5-4-6-8-11/h4-8H,3,9H2,1-2H3. The van der Waals surface area contributed by atoms with Crippen molar-refractivity contribution in [2.75, 3.05) is 0 Å². The smallest absolute Gasteiger partial charge is 0.171 e. The second-order valence-electron chi connectivity index (χ2n) is 3.89. The highest BCUT2D eigenvalue weighted by atomic mass is 32.2. The summed E-state index contributed by atoms with van der Waals surface area (Å²) >= 11 is 3.28. The summed E-state index contributed by atoms with van der Waals surface area (Å²) in [6.07, 6.45) is 0.821. The van der Waals surface area contributed by atoms with E-state index in [2.05, 4.69) is 17.1 Å². The molecule has 1 heterocycles. The van der Waals surface area contributed by atoms with Crippen LogP contribution < -0.4 is 0 Å². The van der Waals surface area contributed by atoms with Crippen LogP contribution in [0.3, 0.4) is 0 Å². The minimum atomic E-state index is 0.125. The number of carbonyl (C=O) groups is 1. The van der Waals surface area contributed by atoms with E-state index in [0.717, 1.165) is 27.8 Å². The van der Waals surface area contributed by atoms with E-state index in [9.17, 15) is 4.79 Å². The Bertz CT molecular complexity index is 534. The van der Waals surface area contributed by atoms with Gasteiger partial charge in [-0.1, -0.05) is 25.1 Å². The number of rotatable bonds is 5. The van der Waals surface area contributed by atoms with Gasteiger partial charge < -0.3 is 0 Å². The highest BCUT2D eigenvalue weighted by Gasteiger charge is 2.13. The number of hydrogen-bond donors (Lipinski definition) is 0. The van der Waals surface area contributed by atoms with Gasteiger partial charge >= 0.3 is 0 Å². The summed E-state index contributed by atoms with van der Waals surface area (Å²) in [7, 11) is 0. The predicted molar refractivity (Wildman–Crippen MR) is 77.5 cm³/mol. The molecule has 0 radical (unpaired) electrons. The van der Waals surface area contributed by atoms with Gasteiger partial charge in [0.2, 0.25) is 0 Å². The minimum Gasteiger partial charge on any atom is -0.294 e. The molecule has 1 aromatic carbocycles. The maximum Gasteiger partial charge on any atom is 0.171 e. The lowest BCUT2D eigenvalue weighted by molar-refractivity contribution is 0.102. The van der Waals surface area contributed by atoms with Crippen molar-refractivity contribution in [3.8, 4) is 0 Å². The molecule has 0 saturated heterocycles. The van der Waals surface area contributed by atoms with Crippen molar-refractivity contribution in [3.63, 3.8) is 0 Å². The van der Waals surface area contributed by atoms with Gasteiger partial charge in [0.05, 0.1) is 16.3 Å². The van der Waals surface area contributed by atoms with E-state index in [1.165, 1.54) is 16.2 Å². The summed E-state index contributed by atoms with van der Waals surface area (Å²) in [5.74, 6) is 0.954. The number of carbonyl (C=O) groups excluding carboxylic acids is 1. The molecule has 94 valence electrons. The highest BCUT2D eigenvalue weighted by Crippen LogP contribution is 2.27. The number of nitrogens with zero attached hydrogens (tertiary/aromatic N) is 1. The first-order valence-electron chi connectivity index (χ1n) is 5.88. The zero-order valence-corrected chi connectivity index (χ0v) is 12.1. The average Bonchev–Trinajstić information content (AvgIpc) is 2.81. The largest absolute Gasteiger partial charge is 0.294 e. The first-order chi connectivity index (χ1) is 8.70. The second kappa shape index (κ2) is 6.16. The number of ketones is 1. The number of hydrogen-bond acceptors (Lipinski definition) is 4. The molecular formula is C14H15NOS2. The van der Waals surface area contributed by atoms with E-state index in [1.807, 2.05) is 25.1 Å². The lowest BCUT2D eigenvalue weighted by Gasteiger charge is -1.97. The fraction of sp³-hybridized carbons (Fsp3) is 0.286. The molecule has 0 fully saturated rings. The van der Waals surface area contributed by atoms with Crippen molar-refractivity contribution >= 4 is 28.9 Å². The van der Waals surface area contributed by atoms with Gasteiger partial charge in [-0.2, -0.15) is 0 Å². The topological polar surface area (TPSA) is 30.0 Å². The Kier molecular flexibility index (Phi) is 4.55. The van der Waals surface area contributed by atoms with Gasteiger partial charge in [0.1, 0.15) is 5.01 Å². The number of thiazole rings is 1. The monoisotopic (exact) mass is 277 g/mol. The molecule has 2 nitrogen and oxygen atoms in total. The lowest BCUT2D eigenvalue weighted by Crippen LogP contribution is -1.93. The number of benzene rings is 1. The van der Waals surface area contributed by atoms with Crippen LogP contribution in [0.1, 0.15) is 34.2 Å². The van der Waals surface area contributed by atoms with Gasteiger partial charge in [-0.15, -0.1) is 23.1 Å². The third-order valence-electron chi connectivity index (χ3n) is 2.50. The quantitative estimate of drug-likeness (QED) is 0.606. The third kappa shape index (κ3) is 3.21. The fourth-order valence-corrected chi connectivity index (χ4v) is 3.60. The molecule has 0 N–H and O–H groups in total. The lowest BCUT2D eigenvalue weighted by atomic mass is 10.2. The van der Waals surface area contributed by atoms with E-state index >= 15 is 0 Å². The first kappa shape index (κ1) is 13.3. The number of aromatic nitrogens is 1. The summed E-state index contributed by atoms with van der Waals surface area (Å²) in [6.45, 7) is 3.65. The molecular weight excluding hydrogens is 262 g/mol.